The Kier molecular flexibility index (Phi) is 10.4. The van der Waals surface area contributed by atoms with Crippen LogP contribution in [-0.2, 0) is 26.3 Å². The van der Waals surface area contributed by atoms with Crippen molar-refractivity contribution in [2.24, 2.45) is 0 Å². The van der Waals surface area contributed by atoms with Crippen LogP contribution in [0.15, 0.2) is 46.9 Å². The summed E-state index contributed by atoms with van der Waals surface area (Å²) in [6.07, 6.45) is 5.19. The molecule has 2 aromatic carbocycles. The second kappa shape index (κ2) is 13.1. The van der Waals surface area contributed by atoms with Crippen molar-refractivity contribution in [2.45, 2.75) is 71.5 Å². The van der Waals surface area contributed by atoms with Crippen molar-refractivity contribution in [3.63, 3.8) is 0 Å². The molecule has 1 atom stereocenters. The fourth-order valence-corrected chi connectivity index (χ4v) is 6.01. The molecule has 2 aromatic rings. The van der Waals surface area contributed by atoms with Gasteiger partial charge in [0.05, 0.1) is 5.69 Å². The van der Waals surface area contributed by atoms with Crippen LogP contribution in [0.2, 0.25) is 0 Å². The molecule has 0 spiro atoms. The van der Waals surface area contributed by atoms with Gasteiger partial charge in [0.2, 0.25) is 11.8 Å². The number of hydrogen-bond acceptors (Lipinski definition) is 4. The highest BCUT2D eigenvalue weighted by molar-refractivity contribution is 9.10. The summed E-state index contributed by atoms with van der Waals surface area (Å²) in [7, 11) is -1.11. The highest BCUT2D eigenvalue weighted by atomic mass is 79.9. The molecule has 3 rings (SSSR count). The number of carbonyl (C=O) groups excluding carboxylic acids is 2. The molecule has 0 saturated heterocycles. The van der Waals surface area contributed by atoms with Crippen molar-refractivity contribution < 1.29 is 18.0 Å². The zero-order valence-corrected chi connectivity index (χ0v) is 25.3. The number of amides is 2. The molecule has 8 nitrogen and oxygen atoms in total. The summed E-state index contributed by atoms with van der Waals surface area (Å²) in [5.41, 5.74) is 2.89. The van der Waals surface area contributed by atoms with Gasteiger partial charge in [-0.05, 0) is 68.5 Å². The van der Waals surface area contributed by atoms with Crippen LogP contribution in [0, 0.1) is 13.8 Å². The molecular weight excluding hydrogens is 568 g/mol. The maximum absolute atomic E-state index is 13.9. The first kappa shape index (κ1) is 30.1. The van der Waals surface area contributed by atoms with E-state index in [2.05, 4.69) is 21.2 Å². The molecule has 0 aromatic heterocycles. The first-order chi connectivity index (χ1) is 17.9. The molecule has 1 aliphatic carbocycles. The van der Waals surface area contributed by atoms with E-state index in [1.54, 1.807) is 13.0 Å². The highest BCUT2D eigenvalue weighted by Gasteiger charge is 2.33. The number of rotatable bonds is 10. The Morgan fingerprint density at radius 3 is 2.26 bits per heavy atom. The Bertz CT molecular complexity index is 1230. The summed E-state index contributed by atoms with van der Waals surface area (Å²) in [5, 5.41) is 3.12. The Balaban J connectivity index is 1.94. The van der Waals surface area contributed by atoms with Gasteiger partial charge < -0.3 is 10.2 Å². The van der Waals surface area contributed by atoms with E-state index in [0.29, 0.717) is 5.69 Å². The molecule has 1 fully saturated rings. The maximum Gasteiger partial charge on any atom is 0.304 e. The molecule has 0 aliphatic heterocycles. The summed E-state index contributed by atoms with van der Waals surface area (Å²) < 4.78 is 30.0. The molecule has 1 aliphatic rings. The Labute approximate surface area is 235 Å². The first-order valence-electron chi connectivity index (χ1n) is 13.0. The number of hydrogen-bond donors (Lipinski definition) is 1. The molecule has 0 radical (unpaired) electrons. The van der Waals surface area contributed by atoms with Gasteiger partial charge in [-0.2, -0.15) is 12.7 Å². The zero-order chi connectivity index (χ0) is 28.0. The molecule has 0 bridgehead atoms. The van der Waals surface area contributed by atoms with Gasteiger partial charge in [0.15, 0.2) is 0 Å². The monoisotopic (exact) mass is 606 g/mol. The lowest BCUT2D eigenvalue weighted by Gasteiger charge is -2.34. The highest BCUT2D eigenvalue weighted by Crippen LogP contribution is 2.26. The molecule has 2 amide bonds. The van der Waals surface area contributed by atoms with Crippen molar-refractivity contribution in [3.05, 3.63) is 63.6 Å². The molecule has 38 heavy (non-hydrogen) atoms. The number of aryl methyl sites for hydroxylation is 2. The quantitative estimate of drug-likeness (QED) is 0.430. The topological polar surface area (TPSA) is 90.0 Å². The Morgan fingerprint density at radius 2 is 1.66 bits per heavy atom. The fourth-order valence-electron chi connectivity index (χ4n) is 4.63. The fraction of sp³-hybridized carbons (Fsp3) is 0.500. The normalized spacial score (nSPS) is 15.2. The van der Waals surface area contributed by atoms with Crippen LogP contribution < -0.4 is 9.62 Å². The first-order valence-corrected chi connectivity index (χ1v) is 15.2. The summed E-state index contributed by atoms with van der Waals surface area (Å²) in [6.45, 7) is 5.15. The molecule has 10 heteroatoms. The summed E-state index contributed by atoms with van der Waals surface area (Å²) in [5.74, 6) is -0.679. The van der Waals surface area contributed by atoms with Crippen molar-refractivity contribution in [1.82, 2.24) is 14.5 Å². The number of carbonyl (C=O) groups is 2. The average molecular weight is 608 g/mol. The third kappa shape index (κ3) is 7.57. The van der Waals surface area contributed by atoms with E-state index < -0.39 is 28.7 Å². The van der Waals surface area contributed by atoms with Gasteiger partial charge in [-0.15, -0.1) is 0 Å². The lowest BCUT2D eigenvalue weighted by atomic mass is 9.95. The van der Waals surface area contributed by atoms with E-state index in [1.165, 1.54) is 25.4 Å². The third-order valence-corrected chi connectivity index (χ3v) is 9.37. The second-order valence-electron chi connectivity index (χ2n) is 10.3. The zero-order valence-electron chi connectivity index (χ0n) is 22.9. The average Bonchev–Trinajstić information content (AvgIpc) is 2.88. The Morgan fingerprint density at radius 1 is 1.03 bits per heavy atom. The predicted octanol–water partition coefficient (Wildman–Crippen LogP) is 4.54. The van der Waals surface area contributed by atoms with Crippen LogP contribution in [0.25, 0.3) is 0 Å². The maximum atomic E-state index is 13.9. The van der Waals surface area contributed by atoms with Crippen LogP contribution in [-0.4, -0.2) is 62.2 Å². The van der Waals surface area contributed by atoms with Crippen LogP contribution >= 0.6 is 15.9 Å². The van der Waals surface area contributed by atoms with E-state index in [9.17, 15) is 18.0 Å². The second-order valence-corrected chi connectivity index (χ2v) is 13.2. The van der Waals surface area contributed by atoms with Gasteiger partial charge in [-0.1, -0.05) is 59.5 Å². The number of anilines is 1. The van der Waals surface area contributed by atoms with Gasteiger partial charge in [0, 0.05) is 31.2 Å². The third-order valence-electron chi connectivity index (χ3n) is 7.04. The molecule has 1 saturated carbocycles. The summed E-state index contributed by atoms with van der Waals surface area (Å²) in [4.78, 5) is 28.7. The van der Waals surface area contributed by atoms with Crippen LogP contribution in [0.5, 0.6) is 0 Å². The predicted molar refractivity (Wildman–Crippen MR) is 155 cm³/mol. The lowest BCUT2D eigenvalue weighted by Crippen LogP contribution is -2.53. The van der Waals surface area contributed by atoms with Gasteiger partial charge in [0.25, 0.3) is 0 Å². The van der Waals surface area contributed by atoms with Crippen LogP contribution in [0.3, 0.4) is 0 Å². The van der Waals surface area contributed by atoms with E-state index >= 15 is 0 Å². The van der Waals surface area contributed by atoms with E-state index in [-0.39, 0.29) is 18.5 Å². The van der Waals surface area contributed by atoms with Crippen molar-refractivity contribution in [2.75, 3.05) is 24.9 Å². The SMILES string of the molecule is Cc1ccc(C)c(N(CC(=O)N(Cc2ccc(Br)cc2)C(C)C(=O)NC2CCCCC2)S(=O)(=O)N(C)C)c1. The number of halogens is 1. The van der Waals surface area contributed by atoms with Crippen LogP contribution in [0.1, 0.15) is 55.7 Å². The van der Waals surface area contributed by atoms with E-state index in [4.69, 9.17) is 0 Å². The van der Waals surface area contributed by atoms with Gasteiger partial charge in [-0.3, -0.25) is 9.59 Å². The Hall–Kier alpha value is -2.43. The smallest absolute Gasteiger partial charge is 0.304 e. The van der Waals surface area contributed by atoms with Crippen LogP contribution in [0.4, 0.5) is 5.69 Å². The lowest BCUT2D eigenvalue weighted by molar-refractivity contribution is -0.139. The van der Waals surface area contributed by atoms with Gasteiger partial charge >= 0.3 is 10.2 Å². The minimum absolute atomic E-state index is 0.101. The largest absolute Gasteiger partial charge is 0.352 e. The van der Waals surface area contributed by atoms with E-state index in [0.717, 1.165) is 55.5 Å². The van der Waals surface area contributed by atoms with Gasteiger partial charge in [-0.25, -0.2) is 4.31 Å². The van der Waals surface area contributed by atoms with Gasteiger partial charge in [0.1, 0.15) is 12.6 Å². The molecule has 1 N–H and O–H groups in total. The standard InChI is InChI=1S/C28H39BrN4O4S/c1-20-11-12-21(2)26(17-20)33(38(36,37)31(4)5)19-27(34)32(18-23-13-15-24(29)16-14-23)22(3)28(35)30-25-9-7-6-8-10-25/h11-17,22,25H,6-10,18-19H2,1-5H3,(H,30,35). The number of benzene rings is 2. The van der Waals surface area contributed by atoms with Crippen molar-refractivity contribution in [1.29, 1.82) is 0 Å². The van der Waals surface area contributed by atoms with E-state index in [1.807, 2.05) is 50.2 Å². The number of nitrogens with zero attached hydrogens (tertiary/aromatic N) is 3. The molecule has 0 heterocycles. The minimum Gasteiger partial charge on any atom is -0.352 e. The molecule has 208 valence electrons. The summed E-state index contributed by atoms with van der Waals surface area (Å²) >= 11 is 3.43. The molecular formula is C28H39BrN4O4S. The van der Waals surface area contributed by atoms with Crippen molar-refractivity contribution >= 4 is 43.6 Å². The number of nitrogens with one attached hydrogen (secondary N) is 1. The van der Waals surface area contributed by atoms with Crippen molar-refractivity contribution in [3.8, 4) is 0 Å². The summed E-state index contributed by atoms with van der Waals surface area (Å²) in [6, 6.07) is 12.4. The minimum atomic E-state index is -3.99. The molecule has 1 unspecified atom stereocenters.